The summed E-state index contributed by atoms with van der Waals surface area (Å²) >= 11 is 0. The van der Waals surface area contributed by atoms with Crippen LogP contribution in [0.3, 0.4) is 0 Å². The lowest BCUT2D eigenvalue weighted by molar-refractivity contribution is -0.137. The van der Waals surface area contributed by atoms with Crippen LogP contribution in [0.15, 0.2) is 54.7 Å². The van der Waals surface area contributed by atoms with Gasteiger partial charge in [0.05, 0.1) is 5.56 Å². The van der Waals surface area contributed by atoms with Crippen molar-refractivity contribution in [2.45, 2.75) is 12.6 Å². The van der Waals surface area contributed by atoms with Gasteiger partial charge in [-0.3, -0.25) is 4.79 Å². The monoisotopic (exact) mass is 332 g/mol. The maximum absolute atomic E-state index is 12.7. The molecule has 0 atom stereocenters. The average Bonchev–Trinajstić information content (AvgIpc) is 2.97. The maximum Gasteiger partial charge on any atom is 0.416 e. The number of halogens is 3. The van der Waals surface area contributed by atoms with Crippen LogP contribution in [0.5, 0.6) is 0 Å². The smallest absolute Gasteiger partial charge is 0.361 e. The summed E-state index contributed by atoms with van der Waals surface area (Å²) in [7, 11) is 0. The Bertz CT molecular complexity index is 868. The summed E-state index contributed by atoms with van der Waals surface area (Å²) in [6.07, 6.45) is -1.99. The predicted octanol–water partition coefficient (Wildman–Crippen LogP) is 4.16. The fraction of sp³-hybridized carbons (Fsp3) is 0.167. The Morgan fingerprint density at radius 2 is 1.88 bits per heavy atom. The molecule has 1 heterocycles. The van der Waals surface area contributed by atoms with Crippen molar-refractivity contribution >= 4 is 16.8 Å². The molecule has 0 aliphatic carbocycles. The van der Waals surface area contributed by atoms with Crippen molar-refractivity contribution in [2.24, 2.45) is 0 Å². The number of amides is 1. The molecule has 0 fully saturated rings. The van der Waals surface area contributed by atoms with E-state index in [0.717, 1.165) is 28.6 Å². The van der Waals surface area contributed by atoms with Gasteiger partial charge in [0.25, 0.3) is 5.91 Å². The molecule has 3 nitrogen and oxygen atoms in total. The Hall–Kier alpha value is -2.76. The van der Waals surface area contributed by atoms with Crippen LogP contribution >= 0.6 is 0 Å². The van der Waals surface area contributed by atoms with Crippen LogP contribution in [-0.4, -0.2) is 17.4 Å². The summed E-state index contributed by atoms with van der Waals surface area (Å²) < 4.78 is 38.0. The van der Waals surface area contributed by atoms with E-state index in [0.29, 0.717) is 13.0 Å². The number of benzene rings is 2. The van der Waals surface area contributed by atoms with Crippen LogP contribution < -0.4 is 5.32 Å². The number of aromatic amines is 1. The number of aromatic nitrogens is 1. The summed E-state index contributed by atoms with van der Waals surface area (Å²) in [6, 6.07) is 12.2. The van der Waals surface area contributed by atoms with Gasteiger partial charge in [0, 0.05) is 29.2 Å². The van der Waals surface area contributed by atoms with E-state index < -0.39 is 17.6 Å². The third-order valence-electron chi connectivity index (χ3n) is 3.81. The largest absolute Gasteiger partial charge is 0.416 e. The minimum atomic E-state index is -4.46. The molecule has 1 amide bonds. The summed E-state index contributed by atoms with van der Waals surface area (Å²) in [5.41, 5.74) is 1.24. The van der Waals surface area contributed by atoms with Crippen LogP contribution in [0.25, 0.3) is 10.9 Å². The maximum atomic E-state index is 12.7. The predicted molar refractivity (Wildman–Crippen MR) is 85.8 cm³/mol. The SMILES string of the molecule is O=C(NCCc1c[nH]c2ccccc12)c1cccc(C(F)(F)F)c1. The Balaban J connectivity index is 1.64. The van der Waals surface area contributed by atoms with Gasteiger partial charge in [-0.15, -0.1) is 0 Å². The number of nitrogens with one attached hydrogen (secondary N) is 2. The van der Waals surface area contributed by atoms with E-state index in [9.17, 15) is 18.0 Å². The van der Waals surface area contributed by atoms with Crippen molar-refractivity contribution in [1.82, 2.24) is 10.3 Å². The number of fused-ring (bicyclic) bond motifs is 1. The van der Waals surface area contributed by atoms with E-state index in [1.165, 1.54) is 12.1 Å². The summed E-state index contributed by atoms with van der Waals surface area (Å²) in [5.74, 6) is -0.513. The van der Waals surface area contributed by atoms with Crippen molar-refractivity contribution in [3.05, 3.63) is 71.4 Å². The Kier molecular flexibility index (Phi) is 4.29. The molecular formula is C18H15F3N2O. The molecule has 6 heteroatoms. The minimum Gasteiger partial charge on any atom is -0.361 e. The van der Waals surface area contributed by atoms with E-state index in [-0.39, 0.29) is 5.56 Å². The van der Waals surface area contributed by atoms with Gasteiger partial charge < -0.3 is 10.3 Å². The van der Waals surface area contributed by atoms with E-state index in [4.69, 9.17) is 0 Å². The molecule has 3 rings (SSSR count). The van der Waals surface area contributed by atoms with E-state index >= 15 is 0 Å². The molecule has 124 valence electrons. The molecule has 2 N–H and O–H groups in total. The summed E-state index contributed by atoms with van der Waals surface area (Å²) in [6.45, 7) is 0.344. The first-order valence-corrected chi connectivity index (χ1v) is 7.45. The first kappa shape index (κ1) is 16.1. The highest BCUT2D eigenvalue weighted by Gasteiger charge is 2.30. The number of alkyl halides is 3. The molecule has 0 aliphatic rings. The highest BCUT2D eigenvalue weighted by atomic mass is 19.4. The van der Waals surface area contributed by atoms with Crippen LogP contribution in [-0.2, 0) is 12.6 Å². The van der Waals surface area contributed by atoms with Crippen molar-refractivity contribution in [3.63, 3.8) is 0 Å². The number of hydrogen-bond donors (Lipinski definition) is 2. The highest BCUT2D eigenvalue weighted by Crippen LogP contribution is 2.29. The molecule has 24 heavy (non-hydrogen) atoms. The number of carbonyl (C=O) groups excluding carboxylic acids is 1. The second-order valence-corrected chi connectivity index (χ2v) is 5.44. The van der Waals surface area contributed by atoms with Gasteiger partial charge in [-0.05, 0) is 36.2 Å². The topological polar surface area (TPSA) is 44.9 Å². The highest BCUT2D eigenvalue weighted by molar-refractivity contribution is 5.94. The molecule has 0 aliphatic heterocycles. The number of para-hydroxylation sites is 1. The van der Waals surface area contributed by atoms with Crippen LogP contribution in [0, 0.1) is 0 Å². The lowest BCUT2D eigenvalue weighted by Gasteiger charge is -2.09. The number of rotatable bonds is 4. The minimum absolute atomic E-state index is 0.00347. The van der Waals surface area contributed by atoms with Gasteiger partial charge in [0.15, 0.2) is 0 Å². The van der Waals surface area contributed by atoms with Gasteiger partial charge in [0.1, 0.15) is 0 Å². The van der Waals surface area contributed by atoms with Crippen molar-refractivity contribution in [1.29, 1.82) is 0 Å². The van der Waals surface area contributed by atoms with Crippen molar-refractivity contribution in [3.8, 4) is 0 Å². The van der Waals surface area contributed by atoms with Crippen LogP contribution in [0.2, 0.25) is 0 Å². The number of hydrogen-bond acceptors (Lipinski definition) is 1. The van der Waals surface area contributed by atoms with Crippen LogP contribution in [0.4, 0.5) is 13.2 Å². The lowest BCUT2D eigenvalue weighted by atomic mass is 10.1. The fourth-order valence-electron chi connectivity index (χ4n) is 2.59. The van der Waals surface area contributed by atoms with E-state index in [1.54, 1.807) is 0 Å². The summed E-state index contributed by atoms with van der Waals surface area (Å²) in [4.78, 5) is 15.2. The van der Waals surface area contributed by atoms with E-state index in [1.807, 2.05) is 30.5 Å². The Morgan fingerprint density at radius 3 is 2.67 bits per heavy atom. The molecule has 3 aromatic rings. The third kappa shape index (κ3) is 3.42. The molecule has 0 unspecified atom stereocenters. The van der Waals surface area contributed by atoms with Gasteiger partial charge in [-0.2, -0.15) is 13.2 Å². The van der Waals surface area contributed by atoms with Crippen LogP contribution in [0.1, 0.15) is 21.5 Å². The Morgan fingerprint density at radius 1 is 1.08 bits per heavy atom. The van der Waals surface area contributed by atoms with E-state index in [2.05, 4.69) is 10.3 Å². The summed E-state index contributed by atoms with van der Waals surface area (Å²) in [5, 5.41) is 3.74. The fourth-order valence-corrected chi connectivity index (χ4v) is 2.59. The normalized spacial score (nSPS) is 11.6. The third-order valence-corrected chi connectivity index (χ3v) is 3.81. The number of carbonyl (C=O) groups is 1. The standard InChI is InChI=1S/C18H15F3N2O/c19-18(20,21)14-5-3-4-12(10-14)17(24)22-9-8-13-11-23-16-7-2-1-6-15(13)16/h1-7,10-11,23H,8-9H2,(H,22,24). The zero-order valence-electron chi connectivity index (χ0n) is 12.7. The first-order valence-electron chi connectivity index (χ1n) is 7.45. The molecule has 2 aromatic carbocycles. The second kappa shape index (κ2) is 6.39. The molecule has 0 spiro atoms. The van der Waals surface area contributed by atoms with Gasteiger partial charge >= 0.3 is 6.18 Å². The number of H-pyrrole nitrogens is 1. The first-order chi connectivity index (χ1) is 11.4. The second-order valence-electron chi connectivity index (χ2n) is 5.44. The molecule has 0 radical (unpaired) electrons. The average molecular weight is 332 g/mol. The van der Waals surface area contributed by atoms with Gasteiger partial charge in [-0.25, -0.2) is 0 Å². The van der Waals surface area contributed by atoms with Gasteiger partial charge in [0.2, 0.25) is 0 Å². The molecule has 0 saturated heterocycles. The Labute approximate surface area is 136 Å². The lowest BCUT2D eigenvalue weighted by Crippen LogP contribution is -2.26. The molecular weight excluding hydrogens is 317 g/mol. The zero-order valence-corrected chi connectivity index (χ0v) is 12.7. The molecule has 0 saturated carbocycles. The zero-order chi connectivity index (χ0) is 17.2. The van der Waals surface area contributed by atoms with Crippen molar-refractivity contribution in [2.75, 3.05) is 6.54 Å². The molecule has 0 bridgehead atoms. The molecule has 1 aromatic heterocycles. The van der Waals surface area contributed by atoms with Gasteiger partial charge in [-0.1, -0.05) is 24.3 Å². The van der Waals surface area contributed by atoms with Crippen molar-refractivity contribution < 1.29 is 18.0 Å². The quantitative estimate of drug-likeness (QED) is 0.740.